The maximum absolute atomic E-state index is 11.2. The maximum Gasteiger partial charge on any atom is 0.438 e. The summed E-state index contributed by atoms with van der Waals surface area (Å²) in [7, 11) is 4.94. The highest BCUT2D eigenvalue weighted by Crippen LogP contribution is 2.18. The molecule has 0 aromatic heterocycles. The highest BCUT2D eigenvalue weighted by atomic mass is 16.6. The number of amides is 1. The highest BCUT2D eigenvalue weighted by molar-refractivity contribution is 5.70. The van der Waals surface area contributed by atoms with Crippen LogP contribution < -0.4 is 4.74 Å². The van der Waals surface area contributed by atoms with E-state index < -0.39 is 6.09 Å². The molecule has 0 aliphatic carbocycles. The third-order valence-corrected chi connectivity index (χ3v) is 1.87. The van der Waals surface area contributed by atoms with Crippen molar-refractivity contribution in [1.29, 1.82) is 0 Å². The quantitative estimate of drug-likeness (QED) is 0.354. The van der Waals surface area contributed by atoms with Gasteiger partial charge in [0.1, 0.15) is 5.75 Å². The monoisotopic (exact) mass is 250 g/mol. The fourth-order valence-corrected chi connectivity index (χ4v) is 0.983. The molecule has 0 aliphatic heterocycles. The number of carbonyl (C=O) groups excluding carboxylic acids is 1. The second-order valence-electron chi connectivity index (χ2n) is 3.68. The van der Waals surface area contributed by atoms with Crippen LogP contribution in [-0.4, -0.2) is 43.5 Å². The first-order valence-corrected chi connectivity index (χ1v) is 5.12. The number of ether oxygens (including phenoxy) is 1. The Kier molecular flexibility index (Phi) is 4.79. The fraction of sp³-hybridized carbons (Fsp3) is 0.273. The molecule has 7 nitrogen and oxygen atoms in total. The number of nitrogens with zero attached hydrogens (tertiary/aromatic N) is 4. The van der Waals surface area contributed by atoms with Crippen molar-refractivity contribution in [3.63, 3.8) is 0 Å². The van der Waals surface area contributed by atoms with Gasteiger partial charge in [-0.3, -0.25) is 0 Å². The number of carbonyl (C=O) groups is 1. The number of hydrogen-bond acceptors (Lipinski definition) is 5. The lowest BCUT2D eigenvalue weighted by atomic mass is 10.3. The molecule has 96 valence electrons. The standard InChI is InChI=1S/C11H14N4O3/c1-14(2)8-12-9-4-6-10(7-5-9)18-11(16)15(3)13-17/h4-8H,1-3H3. The first-order chi connectivity index (χ1) is 8.52. The van der Waals surface area contributed by atoms with E-state index >= 15 is 0 Å². The van der Waals surface area contributed by atoms with E-state index in [1.54, 1.807) is 35.5 Å². The Morgan fingerprint density at radius 1 is 1.22 bits per heavy atom. The normalized spacial score (nSPS) is 10.2. The SMILES string of the molecule is CN(C)C=Nc1ccc(OC(=O)N(C)N=O)cc1. The van der Waals surface area contributed by atoms with Gasteiger partial charge >= 0.3 is 6.09 Å². The average molecular weight is 250 g/mol. The Labute approximate surface area is 105 Å². The van der Waals surface area contributed by atoms with Crippen LogP contribution in [0, 0.1) is 4.91 Å². The van der Waals surface area contributed by atoms with Crippen molar-refractivity contribution in [2.75, 3.05) is 21.1 Å². The van der Waals surface area contributed by atoms with Crippen molar-refractivity contribution in [1.82, 2.24) is 9.91 Å². The zero-order valence-corrected chi connectivity index (χ0v) is 10.4. The molecule has 0 radical (unpaired) electrons. The topological polar surface area (TPSA) is 74.6 Å². The minimum atomic E-state index is -0.838. The molecule has 0 saturated heterocycles. The van der Waals surface area contributed by atoms with Gasteiger partial charge in [0.2, 0.25) is 0 Å². The molecular formula is C11H14N4O3. The minimum absolute atomic E-state index is 0.319. The largest absolute Gasteiger partial charge is 0.438 e. The van der Waals surface area contributed by atoms with E-state index in [1.165, 1.54) is 7.05 Å². The molecule has 0 heterocycles. The summed E-state index contributed by atoms with van der Waals surface area (Å²) in [6, 6.07) is 6.55. The number of hydrogen-bond donors (Lipinski definition) is 0. The first-order valence-electron chi connectivity index (χ1n) is 5.12. The second kappa shape index (κ2) is 6.33. The summed E-state index contributed by atoms with van der Waals surface area (Å²) in [5, 5.41) is 3.00. The molecule has 1 amide bonds. The third-order valence-electron chi connectivity index (χ3n) is 1.87. The molecule has 0 unspecified atom stereocenters. The van der Waals surface area contributed by atoms with E-state index in [0.29, 0.717) is 10.8 Å². The molecule has 0 saturated carbocycles. The summed E-state index contributed by atoms with van der Waals surface area (Å²) in [6.07, 6.45) is 0.819. The lowest BCUT2D eigenvalue weighted by Crippen LogP contribution is -2.23. The van der Waals surface area contributed by atoms with Gasteiger partial charge in [-0.1, -0.05) is 0 Å². The lowest BCUT2D eigenvalue weighted by Gasteiger charge is -2.07. The smallest absolute Gasteiger partial charge is 0.409 e. The van der Waals surface area contributed by atoms with Crippen molar-refractivity contribution < 1.29 is 9.53 Å². The summed E-state index contributed by atoms with van der Waals surface area (Å²) >= 11 is 0. The van der Waals surface area contributed by atoms with Gasteiger partial charge in [0.15, 0.2) is 0 Å². The second-order valence-corrected chi connectivity index (χ2v) is 3.68. The summed E-state index contributed by atoms with van der Waals surface area (Å²) in [4.78, 5) is 27.3. The van der Waals surface area contributed by atoms with Crippen LogP contribution in [0.1, 0.15) is 0 Å². The van der Waals surface area contributed by atoms with Gasteiger partial charge in [-0.05, 0) is 24.3 Å². The number of benzene rings is 1. The van der Waals surface area contributed by atoms with Crippen molar-refractivity contribution in [2.45, 2.75) is 0 Å². The predicted molar refractivity (Wildman–Crippen MR) is 67.9 cm³/mol. The van der Waals surface area contributed by atoms with Gasteiger partial charge in [-0.2, -0.15) is 5.01 Å². The molecule has 0 bridgehead atoms. The summed E-state index contributed by atoms with van der Waals surface area (Å²) in [5.74, 6) is 0.319. The van der Waals surface area contributed by atoms with Crippen LogP contribution in [0.3, 0.4) is 0 Å². The Morgan fingerprint density at radius 2 is 1.83 bits per heavy atom. The average Bonchev–Trinajstić information content (AvgIpc) is 2.36. The first kappa shape index (κ1) is 13.6. The molecule has 18 heavy (non-hydrogen) atoms. The van der Waals surface area contributed by atoms with Crippen LogP contribution in [0.4, 0.5) is 10.5 Å². The number of rotatable bonds is 4. The molecule has 0 atom stereocenters. The fourth-order valence-electron chi connectivity index (χ4n) is 0.983. The molecule has 1 aromatic carbocycles. The lowest BCUT2D eigenvalue weighted by molar-refractivity contribution is 0.164. The maximum atomic E-state index is 11.2. The van der Waals surface area contributed by atoms with Crippen LogP contribution in [0.25, 0.3) is 0 Å². The van der Waals surface area contributed by atoms with Gasteiger partial charge in [-0.25, -0.2) is 9.79 Å². The van der Waals surface area contributed by atoms with E-state index in [9.17, 15) is 9.70 Å². The van der Waals surface area contributed by atoms with Crippen molar-refractivity contribution >= 4 is 18.1 Å². The van der Waals surface area contributed by atoms with Crippen molar-refractivity contribution in [3.05, 3.63) is 29.2 Å². The van der Waals surface area contributed by atoms with Gasteiger partial charge in [0.25, 0.3) is 0 Å². The van der Waals surface area contributed by atoms with Gasteiger partial charge in [-0.15, -0.1) is 4.91 Å². The zero-order valence-electron chi connectivity index (χ0n) is 10.4. The summed E-state index contributed by atoms with van der Waals surface area (Å²) < 4.78 is 4.88. The molecule has 0 N–H and O–H groups in total. The van der Waals surface area contributed by atoms with Crippen LogP contribution in [0.15, 0.2) is 34.5 Å². The third kappa shape index (κ3) is 4.20. The summed E-state index contributed by atoms with van der Waals surface area (Å²) in [6.45, 7) is 0. The van der Waals surface area contributed by atoms with Crippen molar-refractivity contribution in [3.8, 4) is 5.75 Å². The zero-order chi connectivity index (χ0) is 13.5. The minimum Gasteiger partial charge on any atom is -0.409 e. The Hall–Kier alpha value is -2.44. The molecule has 1 aromatic rings. The van der Waals surface area contributed by atoms with E-state index in [0.717, 1.165) is 5.69 Å². The molecular weight excluding hydrogens is 236 g/mol. The molecule has 7 heteroatoms. The van der Waals surface area contributed by atoms with Crippen molar-refractivity contribution in [2.24, 2.45) is 10.3 Å². The van der Waals surface area contributed by atoms with Gasteiger partial charge < -0.3 is 9.64 Å². The van der Waals surface area contributed by atoms with E-state index in [4.69, 9.17) is 4.74 Å². The van der Waals surface area contributed by atoms with E-state index in [2.05, 4.69) is 10.3 Å². The highest BCUT2D eigenvalue weighted by Gasteiger charge is 2.10. The van der Waals surface area contributed by atoms with E-state index in [-0.39, 0.29) is 0 Å². The van der Waals surface area contributed by atoms with Crippen LogP contribution in [0.2, 0.25) is 0 Å². The predicted octanol–water partition coefficient (Wildman–Crippen LogP) is 2.02. The molecule has 0 fully saturated rings. The molecule has 0 aliphatic rings. The van der Waals surface area contributed by atoms with Crippen LogP contribution >= 0.6 is 0 Å². The Morgan fingerprint density at radius 3 is 2.33 bits per heavy atom. The Balaban J connectivity index is 2.66. The number of aliphatic imine (C=N–C) groups is 1. The molecule has 1 rings (SSSR count). The molecule has 0 spiro atoms. The summed E-state index contributed by atoms with van der Waals surface area (Å²) in [5.41, 5.74) is 0.727. The van der Waals surface area contributed by atoms with Crippen LogP contribution in [0.5, 0.6) is 5.75 Å². The van der Waals surface area contributed by atoms with Crippen LogP contribution in [-0.2, 0) is 0 Å². The van der Waals surface area contributed by atoms with Gasteiger partial charge in [0.05, 0.1) is 17.3 Å². The van der Waals surface area contributed by atoms with E-state index in [1.807, 2.05) is 14.1 Å². The Bertz CT molecular complexity index is 442. The van der Waals surface area contributed by atoms with Gasteiger partial charge in [0, 0.05) is 21.1 Å². The number of nitroso groups, excluding NO2 is 1.